The fourth-order valence-corrected chi connectivity index (χ4v) is 28.5. The summed E-state index contributed by atoms with van der Waals surface area (Å²) in [6.07, 6.45) is 17.6. The van der Waals surface area contributed by atoms with Crippen molar-refractivity contribution in [2.24, 2.45) is 0 Å². The molecule has 7 aliphatic rings. The molecule has 2 heteroatoms. The van der Waals surface area contributed by atoms with Gasteiger partial charge < -0.3 is 8.83 Å². The molecule has 0 bridgehead atoms. The summed E-state index contributed by atoms with van der Waals surface area (Å²) in [5, 5.41) is 10.0. The molecular weight excluding hydrogens is 1700 g/mol. The van der Waals surface area contributed by atoms with E-state index in [9.17, 15) is 0 Å². The van der Waals surface area contributed by atoms with Crippen LogP contribution in [0.1, 0.15) is 265 Å². The van der Waals surface area contributed by atoms with Gasteiger partial charge in [-0.15, -0.1) is 0 Å². The van der Waals surface area contributed by atoms with Gasteiger partial charge in [-0.25, -0.2) is 0 Å². The minimum Gasteiger partial charge on any atom is -0.455 e. The monoisotopic (exact) mass is 1820 g/mol. The summed E-state index contributed by atoms with van der Waals surface area (Å²) in [5.74, 6) is 0. The maximum Gasteiger partial charge on any atom is 0.143 e. The molecule has 0 saturated carbocycles. The van der Waals surface area contributed by atoms with Crippen LogP contribution in [0.4, 0.5) is 0 Å². The topological polar surface area (TPSA) is 26.3 Å². The summed E-state index contributed by atoms with van der Waals surface area (Å²) in [6.45, 7) is 34.5. The number of rotatable bonds is 20. The molecule has 7 aliphatic carbocycles. The van der Waals surface area contributed by atoms with E-state index in [4.69, 9.17) is 8.83 Å². The van der Waals surface area contributed by atoms with Crippen molar-refractivity contribution in [3.63, 3.8) is 0 Å². The van der Waals surface area contributed by atoms with E-state index in [0.29, 0.717) is 0 Å². The van der Waals surface area contributed by atoms with Gasteiger partial charge >= 0.3 is 0 Å². The molecule has 2 aromatic heterocycles. The SMILES string of the molecule is CCCCCCCCC1(CCCCCCCC)c2cc3c(cc2-c2cc4c(cc21)-c1c(cc(-c2ccc5c(c2)C(C)(C)c2cc(-c6ccc7c(c6)C(C)(C)c6cc(-c8cccc9c8oc8ccccc89)ccc6-7)ccc2-5)c2ccccc12)C4(C)C)C(C)(C)c1cc(-c2ccc4c(c2)C(C)(C)c2cc(-c5ccc6c(c5)C(C)(C)c5cc(-c7cccc8c7oc7ccccc78)ccc5-6)ccc2-4)c2ccccc2c1-3. The van der Waals surface area contributed by atoms with E-state index in [1.165, 1.54) is 299 Å². The Balaban J connectivity index is 0.518. The molecular formula is C139H122O2. The third kappa shape index (κ3) is 12.4. The highest BCUT2D eigenvalue weighted by Crippen LogP contribution is 2.66. The Hall–Kier alpha value is -13.9. The minimum absolute atomic E-state index is 0.171. The van der Waals surface area contributed by atoms with E-state index in [0.717, 1.165) is 67.8 Å². The zero-order valence-corrected chi connectivity index (χ0v) is 84.2. The number of hydrogen-bond donors (Lipinski definition) is 0. The molecule has 0 atom stereocenters. The van der Waals surface area contributed by atoms with Crippen LogP contribution >= 0.6 is 0 Å². The Morgan fingerprint density at radius 3 is 0.738 bits per heavy atom. The second-order valence-electron chi connectivity index (χ2n) is 46.2. The molecule has 2 nitrogen and oxygen atoms in total. The fraction of sp³-hybridized carbons (Fsp3) is 0.252. The van der Waals surface area contributed by atoms with Crippen LogP contribution in [0.15, 0.2) is 324 Å². The van der Waals surface area contributed by atoms with Gasteiger partial charge in [0.25, 0.3) is 0 Å². The molecule has 0 aliphatic heterocycles. The average molecular weight is 1820 g/mol. The van der Waals surface area contributed by atoms with E-state index < -0.39 is 0 Å². The Bertz CT molecular complexity index is 8310. The van der Waals surface area contributed by atoms with Crippen molar-refractivity contribution in [1.82, 2.24) is 0 Å². The average Bonchev–Trinajstić information content (AvgIpc) is 1.51. The third-order valence-electron chi connectivity index (χ3n) is 36.3. The predicted octanol–water partition coefficient (Wildman–Crippen LogP) is 39.4. The Kier molecular flexibility index (Phi) is 19.0. The summed E-state index contributed by atoms with van der Waals surface area (Å²) >= 11 is 0. The van der Waals surface area contributed by atoms with Gasteiger partial charge in [-0.3, -0.25) is 0 Å². The Morgan fingerprint density at radius 1 is 0.170 bits per heavy atom. The summed E-state index contributed by atoms with van der Waals surface area (Å²) in [5.41, 5.74) is 56.3. The van der Waals surface area contributed by atoms with Crippen LogP contribution in [-0.2, 0) is 37.9 Å². The second-order valence-corrected chi connectivity index (χ2v) is 46.2. The van der Waals surface area contributed by atoms with Crippen molar-refractivity contribution < 1.29 is 8.83 Å². The van der Waals surface area contributed by atoms with Gasteiger partial charge in [0, 0.05) is 70.6 Å². The lowest BCUT2D eigenvalue weighted by atomic mass is 9.69. The lowest BCUT2D eigenvalue weighted by Crippen LogP contribution is -2.26. The number of fused-ring (bicyclic) bond motifs is 31. The predicted molar refractivity (Wildman–Crippen MR) is 596 cm³/mol. The van der Waals surface area contributed by atoms with Crippen LogP contribution in [0.5, 0.6) is 0 Å². The van der Waals surface area contributed by atoms with Crippen LogP contribution in [0.3, 0.4) is 0 Å². The van der Waals surface area contributed by atoms with Crippen molar-refractivity contribution in [1.29, 1.82) is 0 Å². The molecule has 0 unspecified atom stereocenters. The van der Waals surface area contributed by atoms with Crippen molar-refractivity contribution in [3.8, 4) is 145 Å². The van der Waals surface area contributed by atoms with Crippen LogP contribution in [0.2, 0.25) is 0 Å². The summed E-state index contributed by atoms with van der Waals surface area (Å²) in [6, 6.07) is 124. The fourth-order valence-electron chi connectivity index (χ4n) is 28.5. The lowest BCUT2D eigenvalue weighted by Gasteiger charge is -2.34. The van der Waals surface area contributed by atoms with Gasteiger partial charge in [0.05, 0.1) is 0 Å². The largest absolute Gasteiger partial charge is 0.455 e. The van der Waals surface area contributed by atoms with Gasteiger partial charge in [-0.1, -0.05) is 392 Å². The molecule has 0 fully saturated rings. The van der Waals surface area contributed by atoms with Crippen LogP contribution in [0.25, 0.3) is 210 Å². The first-order chi connectivity index (χ1) is 68.3. The van der Waals surface area contributed by atoms with Crippen molar-refractivity contribution in [2.75, 3.05) is 0 Å². The van der Waals surface area contributed by atoms with Crippen LogP contribution in [0, 0.1) is 0 Å². The molecule has 0 spiro atoms. The molecule has 20 aromatic rings. The highest BCUT2D eigenvalue weighted by atomic mass is 16.3. The van der Waals surface area contributed by atoms with Crippen LogP contribution < -0.4 is 0 Å². The van der Waals surface area contributed by atoms with Gasteiger partial charge in [0.2, 0.25) is 0 Å². The van der Waals surface area contributed by atoms with Gasteiger partial charge in [-0.05, 0) is 343 Å². The molecule has 2 heterocycles. The van der Waals surface area contributed by atoms with E-state index in [1.54, 1.807) is 11.1 Å². The van der Waals surface area contributed by atoms with Gasteiger partial charge in [0.1, 0.15) is 22.3 Å². The zero-order valence-electron chi connectivity index (χ0n) is 84.2. The summed E-state index contributed by atoms with van der Waals surface area (Å²) < 4.78 is 13.2. The number of benzene rings is 18. The first kappa shape index (κ1) is 86.2. The van der Waals surface area contributed by atoms with Crippen LogP contribution in [-0.4, -0.2) is 0 Å². The molecule has 0 N–H and O–H groups in total. The molecule has 0 radical (unpaired) electrons. The summed E-state index contributed by atoms with van der Waals surface area (Å²) in [7, 11) is 0. The molecule has 27 rings (SSSR count). The Morgan fingerprint density at radius 2 is 0.411 bits per heavy atom. The second kappa shape index (κ2) is 31.0. The lowest BCUT2D eigenvalue weighted by molar-refractivity contribution is 0.398. The third-order valence-corrected chi connectivity index (χ3v) is 36.3. The van der Waals surface area contributed by atoms with Crippen molar-refractivity contribution >= 4 is 65.4 Å². The maximum atomic E-state index is 6.60. The highest BCUT2D eigenvalue weighted by molar-refractivity contribution is 6.15. The summed E-state index contributed by atoms with van der Waals surface area (Å²) in [4.78, 5) is 0. The number of hydrogen-bond acceptors (Lipinski definition) is 2. The number of unbranched alkanes of at least 4 members (excludes halogenated alkanes) is 10. The first-order valence-corrected chi connectivity index (χ1v) is 52.9. The normalized spacial score (nSPS) is 16.0. The van der Waals surface area contributed by atoms with Gasteiger partial charge in [-0.2, -0.15) is 0 Å². The number of para-hydroxylation sites is 4. The molecule has 690 valence electrons. The Labute approximate surface area is 831 Å². The molecule has 141 heavy (non-hydrogen) atoms. The standard InChI is InChI=1S/C139H122O2/c1-15-17-19-21-23-33-65-139(66-34-24-22-20-18-16-2)123-79-111-121(137(11,12)125-75-107(91-37-25-27-41-103(91)129(111)125)87-55-63-99-95-59-51-83(69-115(95)135(7,8)119(99)73-87)81-49-57-93-97-61-53-85(71-117(97)133(3,4)113(93)67-81)89-43-35-45-105-101-39-29-31-47-127(101)140-131(89)105)77-109(123)110-78-122-112(80-124(110)139)130-104-42-28-26-38-92(104)108(76-126(130)138(122,13)14)88-56-64-100-96-60-52-84(70-116(96)136(9,10)120(100)74-88)82-50-58-94-98-62-54-86(72-118(98)134(5,6)114(94)68-82)90-44-36-46-106-102-40-30-32-48-128(102)141-132(90)106/h25-32,35-64,67-80H,15-24,33-34,65-66H2,1-14H3. The minimum atomic E-state index is -0.300. The number of furan rings is 2. The molecule has 0 amide bonds. The van der Waals surface area contributed by atoms with E-state index >= 15 is 0 Å². The maximum absolute atomic E-state index is 6.60. The van der Waals surface area contributed by atoms with E-state index in [1.807, 2.05) is 0 Å². The van der Waals surface area contributed by atoms with Crippen molar-refractivity contribution in [2.45, 2.75) is 225 Å². The highest BCUT2D eigenvalue weighted by Gasteiger charge is 2.51. The van der Waals surface area contributed by atoms with E-state index in [2.05, 4.69) is 412 Å². The molecule has 18 aromatic carbocycles. The van der Waals surface area contributed by atoms with Crippen molar-refractivity contribution in [3.05, 3.63) is 393 Å². The smallest absolute Gasteiger partial charge is 0.143 e. The molecule has 0 saturated heterocycles. The zero-order chi connectivity index (χ0) is 95.6. The van der Waals surface area contributed by atoms with Gasteiger partial charge in [0.15, 0.2) is 0 Å². The first-order valence-electron chi connectivity index (χ1n) is 52.9. The van der Waals surface area contributed by atoms with E-state index in [-0.39, 0.29) is 37.9 Å². The quantitative estimate of drug-likeness (QED) is 0.0711.